The van der Waals surface area contributed by atoms with Crippen molar-refractivity contribution in [1.29, 1.82) is 0 Å². The van der Waals surface area contributed by atoms with Crippen LogP contribution >= 0.6 is 11.3 Å². The number of anilines is 1. The first-order valence-electron chi connectivity index (χ1n) is 5.43. The van der Waals surface area contributed by atoms with Crippen LogP contribution in [0.4, 0.5) is 5.13 Å². The molecule has 88 valence electrons. The topological polar surface area (TPSA) is 68.0 Å². The Labute approximate surface area is 102 Å². The van der Waals surface area contributed by atoms with Crippen LogP contribution in [-0.4, -0.2) is 16.0 Å². The summed E-state index contributed by atoms with van der Waals surface area (Å²) in [4.78, 5) is 16.9. The van der Waals surface area contributed by atoms with E-state index >= 15 is 0 Å². The Hall–Kier alpha value is -1.69. The molecule has 0 aromatic carbocycles. The summed E-state index contributed by atoms with van der Waals surface area (Å²) in [5.74, 6) is 1.01. The molecule has 0 saturated heterocycles. The summed E-state index contributed by atoms with van der Waals surface area (Å²) in [6.45, 7) is 1.94. The van der Waals surface area contributed by atoms with Crippen molar-refractivity contribution in [3.63, 3.8) is 0 Å². The summed E-state index contributed by atoms with van der Waals surface area (Å²) in [6, 6.07) is 1.72. The van der Waals surface area contributed by atoms with Crippen molar-refractivity contribution < 1.29 is 9.32 Å². The van der Waals surface area contributed by atoms with E-state index in [1.165, 1.54) is 11.3 Å². The van der Waals surface area contributed by atoms with Crippen molar-refractivity contribution in [3.05, 3.63) is 28.6 Å². The molecule has 17 heavy (non-hydrogen) atoms. The van der Waals surface area contributed by atoms with E-state index < -0.39 is 0 Å². The fourth-order valence-corrected chi connectivity index (χ4v) is 2.19. The summed E-state index contributed by atoms with van der Waals surface area (Å²) in [5, 5.41) is 7.05. The second-order valence-corrected chi connectivity index (χ2v) is 5.35. The Morgan fingerprint density at radius 2 is 2.41 bits per heavy atom. The minimum atomic E-state index is -0.269. The van der Waals surface area contributed by atoms with Crippen molar-refractivity contribution in [1.82, 2.24) is 10.1 Å². The molecule has 1 saturated carbocycles. The predicted molar refractivity (Wildman–Crippen MR) is 63.3 cm³/mol. The molecule has 0 radical (unpaired) electrons. The van der Waals surface area contributed by atoms with Gasteiger partial charge in [0, 0.05) is 23.1 Å². The van der Waals surface area contributed by atoms with E-state index in [1.54, 1.807) is 12.3 Å². The van der Waals surface area contributed by atoms with Gasteiger partial charge in [-0.2, -0.15) is 0 Å². The fourth-order valence-electron chi connectivity index (χ4n) is 1.53. The number of hydrogen-bond donors (Lipinski definition) is 1. The van der Waals surface area contributed by atoms with E-state index in [1.807, 2.05) is 6.92 Å². The lowest BCUT2D eigenvalue weighted by Gasteiger charge is -1.95. The Balaban J connectivity index is 1.72. The fraction of sp³-hybridized carbons (Fsp3) is 0.364. The van der Waals surface area contributed by atoms with E-state index in [2.05, 4.69) is 15.5 Å². The van der Waals surface area contributed by atoms with Gasteiger partial charge in [-0.3, -0.25) is 10.1 Å². The molecule has 6 heteroatoms. The first kappa shape index (κ1) is 10.5. The van der Waals surface area contributed by atoms with E-state index in [9.17, 15) is 4.79 Å². The first-order chi connectivity index (χ1) is 8.22. The quantitative estimate of drug-likeness (QED) is 0.907. The van der Waals surface area contributed by atoms with Gasteiger partial charge >= 0.3 is 0 Å². The van der Waals surface area contributed by atoms with Crippen molar-refractivity contribution in [3.8, 4) is 0 Å². The van der Waals surface area contributed by atoms with Crippen LogP contribution in [0.25, 0.3) is 0 Å². The number of nitrogens with zero attached hydrogens (tertiary/aromatic N) is 2. The molecule has 0 spiro atoms. The average Bonchev–Trinajstić information content (AvgIpc) is 2.88. The molecule has 0 aliphatic heterocycles. The minimum absolute atomic E-state index is 0.269. The van der Waals surface area contributed by atoms with Gasteiger partial charge in [0.1, 0.15) is 5.76 Å². The summed E-state index contributed by atoms with van der Waals surface area (Å²) in [5.41, 5.74) is 0.319. The lowest BCUT2D eigenvalue weighted by atomic mass is 10.3. The molecule has 1 amide bonds. The number of carbonyl (C=O) groups excluding carboxylic acids is 1. The highest BCUT2D eigenvalue weighted by Crippen LogP contribution is 2.40. The third-order valence-corrected chi connectivity index (χ3v) is 3.41. The number of rotatable bonds is 3. The molecule has 5 nitrogen and oxygen atoms in total. The highest BCUT2D eigenvalue weighted by molar-refractivity contribution is 7.15. The van der Waals surface area contributed by atoms with Gasteiger partial charge in [0.25, 0.3) is 5.91 Å². The van der Waals surface area contributed by atoms with Gasteiger partial charge in [-0.1, -0.05) is 5.16 Å². The maximum absolute atomic E-state index is 11.8. The zero-order valence-corrected chi connectivity index (χ0v) is 10.1. The molecule has 2 aromatic rings. The van der Waals surface area contributed by atoms with Crippen LogP contribution in [0.2, 0.25) is 0 Å². The molecule has 2 aromatic heterocycles. The highest BCUT2D eigenvalue weighted by atomic mass is 32.1. The molecule has 0 atom stereocenters. The summed E-state index contributed by atoms with van der Waals surface area (Å²) in [7, 11) is 0. The second kappa shape index (κ2) is 3.96. The molecule has 0 bridgehead atoms. The lowest BCUT2D eigenvalue weighted by molar-refractivity contribution is 0.101. The first-order valence-corrected chi connectivity index (χ1v) is 6.24. The molecule has 3 rings (SSSR count). The van der Waals surface area contributed by atoms with Crippen LogP contribution < -0.4 is 5.32 Å². The summed E-state index contributed by atoms with van der Waals surface area (Å²) in [6.07, 6.45) is 3.97. The maximum atomic E-state index is 11.8. The summed E-state index contributed by atoms with van der Waals surface area (Å²) < 4.78 is 5.12. The normalized spacial score (nSPS) is 14.9. The van der Waals surface area contributed by atoms with E-state index in [0.717, 1.165) is 23.5 Å². The average molecular weight is 249 g/mol. The maximum Gasteiger partial charge on any atom is 0.279 e. The van der Waals surface area contributed by atoms with Gasteiger partial charge in [-0.25, -0.2) is 4.98 Å². The Morgan fingerprint density at radius 3 is 3.06 bits per heavy atom. The van der Waals surface area contributed by atoms with Crippen LogP contribution in [0, 0.1) is 6.92 Å². The van der Waals surface area contributed by atoms with Gasteiger partial charge in [-0.15, -0.1) is 11.3 Å². The zero-order chi connectivity index (χ0) is 11.8. The van der Waals surface area contributed by atoms with E-state index in [-0.39, 0.29) is 5.91 Å². The van der Waals surface area contributed by atoms with Gasteiger partial charge in [0.05, 0.1) is 0 Å². The largest absolute Gasteiger partial charge is 0.360 e. The smallest absolute Gasteiger partial charge is 0.279 e. The number of nitrogens with one attached hydrogen (secondary N) is 1. The van der Waals surface area contributed by atoms with Crippen molar-refractivity contribution in [2.45, 2.75) is 25.7 Å². The number of amides is 1. The Morgan fingerprint density at radius 1 is 1.59 bits per heavy atom. The molecular weight excluding hydrogens is 238 g/mol. The summed E-state index contributed by atoms with van der Waals surface area (Å²) >= 11 is 1.43. The second-order valence-electron chi connectivity index (χ2n) is 4.12. The van der Waals surface area contributed by atoms with Crippen LogP contribution in [0.15, 0.2) is 16.8 Å². The zero-order valence-electron chi connectivity index (χ0n) is 9.27. The number of carbonyl (C=O) groups is 1. The highest BCUT2D eigenvalue weighted by Gasteiger charge is 2.28. The van der Waals surface area contributed by atoms with Crippen molar-refractivity contribution in [2.75, 3.05) is 5.32 Å². The monoisotopic (exact) mass is 249 g/mol. The number of aryl methyl sites for hydroxylation is 1. The molecule has 1 aliphatic carbocycles. The van der Waals surface area contributed by atoms with Gasteiger partial charge in [0.2, 0.25) is 0 Å². The minimum Gasteiger partial charge on any atom is -0.360 e. The SMILES string of the molecule is Cc1cnc(NC(=O)c2cc(C3CC3)on2)s1. The van der Waals surface area contributed by atoms with Crippen LogP contribution in [0.1, 0.15) is 39.9 Å². The third kappa shape index (κ3) is 2.21. The Kier molecular flexibility index (Phi) is 2.44. The predicted octanol–water partition coefficient (Wildman–Crippen LogP) is 2.57. The van der Waals surface area contributed by atoms with Crippen LogP contribution in [0.3, 0.4) is 0 Å². The van der Waals surface area contributed by atoms with E-state index in [4.69, 9.17) is 4.52 Å². The molecule has 0 unspecified atom stereocenters. The molecule has 1 fully saturated rings. The van der Waals surface area contributed by atoms with Crippen molar-refractivity contribution >= 4 is 22.4 Å². The molecular formula is C11H11N3O2S. The van der Waals surface area contributed by atoms with E-state index in [0.29, 0.717) is 16.7 Å². The van der Waals surface area contributed by atoms with Gasteiger partial charge in [-0.05, 0) is 19.8 Å². The number of thiazole rings is 1. The lowest BCUT2D eigenvalue weighted by Crippen LogP contribution is -2.11. The number of hydrogen-bond acceptors (Lipinski definition) is 5. The van der Waals surface area contributed by atoms with Crippen molar-refractivity contribution in [2.24, 2.45) is 0 Å². The third-order valence-electron chi connectivity index (χ3n) is 2.58. The number of aromatic nitrogens is 2. The molecule has 2 heterocycles. The standard InChI is InChI=1S/C11H11N3O2S/c1-6-5-12-11(17-6)13-10(15)8-4-9(16-14-8)7-2-3-7/h4-5,7H,2-3H2,1H3,(H,12,13,15). The van der Waals surface area contributed by atoms with Gasteiger partial charge in [0.15, 0.2) is 10.8 Å². The molecule has 1 aliphatic rings. The van der Waals surface area contributed by atoms with Crippen LogP contribution in [-0.2, 0) is 0 Å². The Bertz CT molecular complexity index is 557. The van der Waals surface area contributed by atoms with Crippen LogP contribution in [0.5, 0.6) is 0 Å². The molecule has 1 N–H and O–H groups in total. The van der Waals surface area contributed by atoms with Gasteiger partial charge < -0.3 is 4.52 Å².